The van der Waals surface area contributed by atoms with Gasteiger partial charge in [-0.3, -0.25) is 9.59 Å². The van der Waals surface area contributed by atoms with E-state index in [-0.39, 0.29) is 23.9 Å². The first-order chi connectivity index (χ1) is 21.9. The Kier molecular flexibility index (Phi) is 7.92. The van der Waals surface area contributed by atoms with Crippen molar-refractivity contribution in [3.63, 3.8) is 0 Å². The Morgan fingerprint density at radius 1 is 0.891 bits per heavy atom. The molecular formula is C31H24F6N6O3. The number of rotatable bonds is 5. The molecule has 2 aromatic carbocycles. The lowest BCUT2D eigenvalue weighted by Gasteiger charge is -2.35. The number of ether oxygens (including phenoxy) is 1. The van der Waals surface area contributed by atoms with Gasteiger partial charge in [-0.1, -0.05) is 30.3 Å². The van der Waals surface area contributed by atoms with E-state index in [9.17, 15) is 35.9 Å². The average Bonchev–Trinajstić information content (AvgIpc) is 3.41. The number of amides is 1. The van der Waals surface area contributed by atoms with Gasteiger partial charge in [0.1, 0.15) is 23.4 Å². The fraction of sp³-hybridized carbons (Fsp3) is 0.226. The van der Waals surface area contributed by atoms with Crippen molar-refractivity contribution in [1.29, 1.82) is 0 Å². The minimum Gasteiger partial charge on any atom is -0.463 e. The molecule has 0 bridgehead atoms. The van der Waals surface area contributed by atoms with E-state index in [4.69, 9.17) is 4.74 Å². The van der Waals surface area contributed by atoms with E-state index in [1.807, 2.05) is 5.10 Å². The maximum absolute atomic E-state index is 13.9. The van der Waals surface area contributed by atoms with Crippen LogP contribution in [0.15, 0.2) is 84.1 Å². The predicted molar refractivity (Wildman–Crippen MR) is 155 cm³/mol. The fourth-order valence-corrected chi connectivity index (χ4v) is 5.41. The number of halogens is 6. The number of aromatic nitrogens is 3. The van der Waals surface area contributed by atoms with Crippen molar-refractivity contribution in [2.24, 2.45) is 0 Å². The molecule has 1 N–H and O–H groups in total. The second-order valence-electron chi connectivity index (χ2n) is 10.5. The highest BCUT2D eigenvalue weighted by Gasteiger charge is 2.41. The largest absolute Gasteiger partial charge is 0.463 e. The summed E-state index contributed by atoms with van der Waals surface area (Å²) in [7, 11) is 0. The second kappa shape index (κ2) is 11.9. The van der Waals surface area contributed by atoms with E-state index < -0.39 is 34.7 Å². The molecule has 1 saturated heterocycles. The number of fused-ring (bicyclic) bond motifs is 1. The van der Waals surface area contributed by atoms with Crippen LogP contribution in [-0.4, -0.2) is 52.2 Å². The molecule has 4 aromatic rings. The highest BCUT2D eigenvalue weighted by Crippen LogP contribution is 2.41. The Morgan fingerprint density at radius 3 is 2.35 bits per heavy atom. The molecule has 2 aliphatic rings. The maximum Gasteiger partial charge on any atom is 0.423 e. The summed E-state index contributed by atoms with van der Waals surface area (Å²) in [4.78, 5) is 34.1. The first-order valence-corrected chi connectivity index (χ1v) is 14.0. The molecule has 0 radical (unpaired) electrons. The highest BCUT2D eigenvalue weighted by molar-refractivity contribution is 5.95. The lowest BCUT2D eigenvalue weighted by molar-refractivity contribution is -0.138. The van der Waals surface area contributed by atoms with Crippen molar-refractivity contribution in [1.82, 2.24) is 20.1 Å². The molecule has 9 nitrogen and oxygen atoms in total. The van der Waals surface area contributed by atoms with Crippen LogP contribution in [-0.2, 0) is 18.9 Å². The number of hydrogen-bond acceptors (Lipinski definition) is 7. The summed E-state index contributed by atoms with van der Waals surface area (Å²) in [5, 5.41) is 5.43. The lowest BCUT2D eigenvalue weighted by atomic mass is 10.1. The SMILES string of the molecule is O=C(c1cccc(O/C=C2/c3ccccc3CN2c2cn[nH]c(=O)c2C(F)(F)F)c1)N1CCN(c2ccc(C(F)(F)F)cn2)CC1. The number of benzene rings is 2. The molecule has 1 fully saturated rings. The van der Waals surface area contributed by atoms with E-state index in [0.29, 0.717) is 48.7 Å². The van der Waals surface area contributed by atoms with E-state index >= 15 is 0 Å². The quantitative estimate of drug-likeness (QED) is 0.225. The zero-order valence-corrected chi connectivity index (χ0v) is 23.8. The summed E-state index contributed by atoms with van der Waals surface area (Å²) < 4.78 is 86.2. The summed E-state index contributed by atoms with van der Waals surface area (Å²) in [6.07, 6.45) is -6.43. The summed E-state index contributed by atoms with van der Waals surface area (Å²) in [6, 6.07) is 15.5. The van der Waals surface area contributed by atoms with Gasteiger partial charge in [0.25, 0.3) is 11.5 Å². The molecule has 0 saturated carbocycles. The van der Waals surface area contributed by atoms with E-state index in [1.165, 1.54) is 23.3 Å². The van der Waals surface area contributed by atoms with Gasteiger partial charge in [0, 0.05) is 50.0 Å². The standard InChI is InChI=1S/C31H24F6N6O3/c32-30(33,34)21-8-9-26(38-15-21)41-10-12-42(13-11-41)29(45)19-5-3-6-22(14-19)46-18-25-23-7-2-1-4-20(23)17-43(25)24-16-39-40-28(44)27(24)31(35,36)37/h1-9,14-16,18H,10-13,17H2,(H,40,44)/b25-18-. The first-order valence-electron chi connectivity index (χ1n) is 14.0. The molecule has 0 spiro atoms. The number of anilines is 2. The number of nitrogens with one attached hydrogen (secondary N) is 1. The number of hydrogen-bond donors (Lipinski definition) is 1. The van der Waals surface area contributed by atoms with Gasteiger partial charge in [0.15, 0.2) is 0 Å². The Labute approximate surface area is 257 Å². The normalized spacial score (nSPS) is 16.1. The fourth-order valence-electron chi connectivity index (χ4n) is 5.41. The third-order valence-electron chi connectivity index (χ3n) is 7.68. The van der Waals surface area contributed by atoms with Crippen LogP contribution in [0.1, 0.15) is 32.6 Å². The van der Waals surface area contributed by atoms with Crippen LogP contribution in [0.4, 0.5) is 37.8 Å². The van der Waals surface area contributed by atoms with Crippen LogP contribution < -0.4 is 20.1 Å². The first kappa shape index (κ1) is 30.7. The monoisotopic (exact) mass is 642 g/mol. The van der Waals surface area contributed by atoms with Gasteiger partial charge in [-0.2, -0.15) is 31.4 Å². The minimum atomic E-state index is -4.94. The van der Waals surface area contributed by atoms with Crippen LogP contribution in [0.2, 0.25) is 0 Å². The molecule has 2 aromatic heterocycles. The summed E-state index contributed by atoms with van der Waals surface area (Å²) in [6.45, 7) is 1.35. The van der Waals surface area contributed by atoms with Gasteiger partial charge in [-0.15, -0.1) is 0 Å². The van der Waals surface area contributed by atoms with E-state index in [0.717, 1.165) is 18.5 Å². The van der Waals surface area contributed by atoms with Gasteiger partial charge < -0.3 is 19.4 Å². The van der Waals surface area contributed by atoms with Gasteiger partial charge in [0.2, 0.25) is 0 Å². The number of carbonyl (C=O) groups is 1. The topological polar surface area (TPSA) is 94.7 Å². The van der Waals surface area contributed by atoms with Crippen molar-refractivity contribution in [2.45, 2.75) is 18.9 Å². The molecule has 15 heteroatoms. The predicted octanol–water partition coefficient (Wildman–Crippen LogP) is 5.56. The third kappa shape index (κ3) is 6.12. The van der Waals surface area contributed by atoms with Crippen molar-refractivity contribution in [2.75, 3.05) is 36.0 Å². The maximum atomic E-state index is 13.9. The van der Waals surface area contributed by atoms with Crippen molar-refractivity contribution in [3.8, 4) is 5.75 Å². The number of nitrogens with zero attached hydrogens (tertiary/aromatic N) is 5. The third-order valence-corrected chi connectivity index (χ3v) is 7.68. The Hall–Kier alpha value is -5.34. The van der Waals surface area contributed by atoms with Gasteiger partial charge in [0.05, 0.1) is 23.1 Å². The second-order valence-corrected chi connectivity index (χ2v) is 10.5. The number of H-pyrrole nitrogens is 1. The van der Waals surface area contributed by atoms with Crippen molar-refractivity contribution < 1.29 is 35.9 Å². The van der Waals surface area contributed by atoms with E-state index in [2.05, 4.69) is 10.1 Å². The van der Waals surface area contributed by atoms with Crippen LogP contribution in [0.3, 0.4) is 0 Å². The van der Waals surface area contributed by atoms with E-state index in [1.54, 1.807) is 52.3 Å². The van der Waals surface area contributed by atoms with Gasteiger partial charge in [-0.25, -0.2) is 10.1 Å². The molecule has 46 heavy (non-hydrogen) atoms. The number of piperazine rings is 1. The zero-order chi connectivity index (χ0) is 32.6. The Balaban J connectivity index is 1.19. The number of aromatic amines is 1. The highest BCUT2D eigenvalue weighted by atomic mass is 19.4. The molecule has 0 aliphatic carbocycles. The minimum absolute atomic E-state index is 0.0338. The number of pyridine rings is 1. The average molecular weight is 643 g/mol. The lowest BCUT2D eigenvalue weighted by Crippen LogP contribution is -2.49. The molecular weight excluding hydrogens is 618 g/mol. The number of alkyl halides is 6. The molecule has 1 amide bonds. The molecule has 0 atom stereocenters. The van der Waals surface area contributed by atoms with Crippen LogP contribution >= 0.6 is 0 Å². The number of carbonyl (C=O) groups excluding carboxylic acids is 1. The summed E-state index contributed by atoms with van der Waals surface area (Å²) >= 11 is 0. The Morgan fingerprint density at radius 2 is 1.65 bits per heavy atom. The van der Waals surface area contributed by atoms with Crippen LogP contribution in [0.5, 0.6) is 5.75 Å². The van der Waals surface area contributed by atoms with Gasteiger partial charge >= 0.3 is 12.4 Å². The van der Waals surface area contributed by atoms with Gasteiger partial charge in [-0.05, 0) is 35.9 Å². The van der Waals surface area contributed by atoms with Crippen molar-refractivity contribution in [3.05, 3.63) is 117 Å². The molecule has 2 aliphatic heterocycles. The molecule has 6 rings (SSSR count). The zero-order valence-electron chi connectivity index (χ0n) is 23.8. The summed E-state index contributed by atoms with van der Waals surface area (Å²) in [5.41, 5.74) is -2.16. The summed E-state index contributed by atoms with van der Waals surface area (Å²) in [5.74, 6) is 0.329. The molecule has 4 heterocycles. The Bertz CT molecular complexity index is 1850. The molecule has 0 unspecified atom stereocenters. The smallest absolute Gasteiger partial charge is 0.423 e. The molecule has 238 valence electrons. The van der Waals surface area contributed by atoms with Crippen molar-refractivity contribution >= 4 is 23.1 Å². The van der Waals surface area contributed by atoms with Crippen LogP contribution in [0, 0.1) is 0 Å². The van der Waals surface area contributed by atoms with Crippen LogP contribution in [0.25, 0.3) is 5.70 Å².